The molecule has 6 aromatic rings. The van der Waals surface area contributed by atoms with Crippen LogP contribution in [0.1, 0.15) is 53.5 Å². The number of methoxy groups -OCH3 is 2. The lowest BCUT2D eigenvalue weighted by Crippen LogP contribution is -2.49. The maximum atomic E-state index is 15.3. The summed E-state index contributed by atoms with van der Waals surface area (Å²) in [6.07, 6.45) is 6.28. The zero-order chi connectivity index (χ0) is 44.9. The summed E-state index contributed by atoms with van der Waals surface area (Å²) in [7, 11) is 4.93. The second-order valence-electron chi connectivity index (χ2n) is 17.4. The number of carbonyl (C=O) groups is 4. The standard InChI is InChI=1S/C51H45ClN4O7S/c1-26-8-7-9-35(45(26)57)44-33-18-19-34-43(49(60)55(47(34)58)31-15-11-28(12-16-31)10-13-29-22-32(62-5)17-20-40(29)63-6)37(33)24-38-48(59)56(50(61)51(38,44)3)42-25-39(53-54(42)4)46-27(2)36-23-30(52)14-21-41(36)64-46/h7-18,20-23,25,34,37-38,43-44,57H,19,24H2,1-6H3. The number of aryl methyl sites for hydroxylation is 3. The van der Waals surface area contributed by atoms with Crippen molar-refractivity contribution in [2.75, 3.05) is 24.0 Å². The van der Waals surface area contributed by atoms with E-state index < -0.39 is 46.8 Å². The van der Waals surface area contributed by atoms with Crippen LogP contribution >= 0.6 is 22.9 Å². The molecule has 0 bridgehead atoms. The average molecular weight is 893 g/mol. The topological polar surface area (TPSA) is 131 Å². The number of rotatable bonds is 8. The van der Waals surface area contributed by atoms with E-state index in [-0.39, 0.29) is 30.4 Å². The molecule has 4 heterocycles. The summed E-state index contributed by atoms with van der Waals surface area (Å²) < 4.78 is 13.5. The van der Waals surface area contributed by atoms with Crippen molar-refractivity contribution < 1.29 is 33.8 Å². The summed E-state index contributed by atoms with van der Waals surface area (Å²) in [5, 5.41) is 18.2. The number of benzene rings is 4. The molecule has 2 saturated heterocycles. The van der Waals surface area contributed by atoms with Crippen LogP contribution in [-0.4, -0.2) is 52.7 Å². The molecule has 2 aliphatic heterocycles. The predicted molar refractivity (Wildman–Crippen MR) is 249 cm³/mol. The minimum absolute atomic E-state index is 0.0347. The summed E-state index contributed by atoms with van der Waals surface area (Å²) in [5.74, 6) is -3.29. The number of phenolic OH excluding ortho intramolecular Hbond substituents is 1. The second-order valence-corrected chi connectivity index (χ2v) is 18.9. The first-order chi connectivity index (χ1) is 30.7. The van der Waals surface area contributed by atoms with E-state index in [1.165, 1.54) is 9.80 Å². The van der Waals surface area contributed by atoms with E-state index in [4.69, 9.17) is 26.2 Å². The molecule has 13 heteroatoms. The SMILES string of the molecule is COc1ccc(OC)c(C=Cc2ccc(N3C(=O)C4CC=C5C(CC6C(=O)N(c7cc(-c8sc9ccc(Cl)cc9c8C)nn7C)C(=O)C6(C)C5c5cccc(C)c5O)C4C3=O)cc2)c1. The molecular weight excluding hydrogens is 848 g/mol. The van der Waals surface area contributed by atoms with E-state index in [0.717, 1.165) is 37.2 Å². The van der Waals surface area contributed by atoms with Crippen molar-refractivity contribution in [3.63, 3.8) is 0 Å². The monoisotopic (exact) mass is 892 g/mol. The molecule has 1 saturated carbocycles. The molecule has 4 aliphatic rings. The number of allylic oxidation sites excluding steroid dienone is 2. The Balaban J connectivity index is 0.999. The molecule has 3 fully saturated rings. The summed E-state index contributed by atoms with van der Waals surface area (Å²) in [6, 6.07) is 25.7. The third kappa shape index (κ3) is 6.17. The lowest BCUT2D eigenvalue weighted by molar-refractivity contribution is -0.131. The van der Waals surface area contributed by atoms with Crippen LogP contribution in [-0.2, 0) is 26.2 Å². The number of aromatic nitrogens is 2. The van der Waals surface area contributed by atoms with Crippen LogP contribution in [0, 0.1) is 42.9 Å². The molecule has 1 N–H and O–H groups in total. The fraction of sp³-hybridized carbons (Fsp3) is 0.275. The Morgan fingerprint density at radius 1 is 0.875 bits per heavy atom. The van der Waals surface area contributed by atoms with Gasteiger partial charge in [-0.2, -0.15) is 5.10 Å². The van der Waals surface area contributed by atoms with Gasteiger partial charge in [-0.15, -0.1) is 11.3 Å². The van der Waals surface area contributed by atoms with Gasteiger partial charge < -0.3 is 14.6 Å². The number of imide groups is 2. The number of amides is 4. The molecule has 10 rings (SSSR count). The third-order valence-corrected chi connectivity index (χ3v) is 15.6. The van der Waals surface area contributed by atoms with Crippen molar-refractivity contribution in [1.29, 1.82) is 0 Å². The fourth-order valence-electron chi connectivity index (χ4n) is 10.9. The quantitative estimate of drug-likeness (QED) is 0.0908. The summed E-state index contributed by atoms with van der Waals surface area (Å²) in [4.78, 5) is 62.9. The zero-order valence-electron chi connectivity index (χ0n) is 36.1. The van der Waals surface area contributed by atoms with Crippen LogP contribution in [0.3, 0.4) is 0 Å². The highest BCUT2D eigenvalue weighted by molar-refractivity contribution is 7.22. The lowest BCUT2D eigenvalue weighted by Gasteiger charge is -2.49. The maximum Gasteiger partial charge on any atom is 0.242 e. The van der Waals surface area contributed by atoms with Crippen molar-refractivity contribution in [3.8, 4) is 27.8 Å². The fourth-order valence-corrected chi connectivity index (χ4v) is 12.2. The number of ether oxygens (including phenoxy) is 2. The Labute approximate surface area is 379 Å². The van der Waals surface area contributed by atoms with Gasteiger partial charge in [-0.05, 0) is 110 Å². The molecule has 0 radical (unpaired) electrons. The van der Waals surface area contributed by atoms with E-state index >= 15 is 9.59 Å². The number of fused-ring (bicyclic) bond motifs is 5. The Morgan fingerprint density at radius 3 is 2.41 bits per heavy atom. The Bertz CT molecular complexity index is 3040. The van der Waals surface area contributed by atoms with E-state index in [1.54, 1.807) is 74.5 Å². The number of nitrogens with zero attached hydrogens (tertiary/aromatic N) is 4. The van der Waals surface area contributed by atoms with Gasteiger partial charge in [0.05, 0.1) is 48.0 Å². The summed E-state index contributed by atoms with van der Waals surface area (Å²) in [5.41, 5.74) is 4.34. The highest BCUT2D eigenvalue weighted by Gasteiger charge is 2.68. The van der Waals surface area contributed by atoms with Crippen LogP contribution < -0.4 is 19.3 Å². The molecule has 2 aromatic heterocycles. The molecule has 64 heavy (non-hydrogen) atoms. The van der Waals surface area contributed by atoms with Crippen molar-refractivity contribution >= 4 is 80.3 Å². The molecule has 6 atom stereocenters. The molecule has 4 aromatic carbocycles. The van der Waals surface area contributed by atoms with Crippen LogP contribution in [0.15, 0.2) is 96.6 Å². The van der Waals surface area contributed by atoms with Gasteiger partial charge in [0.2, 0.25) is 23.6 Å². The first-order valence-corrected chi connectivity index (χ1v) is 22.4. The van der Waals surface area contributed by atoms with Crippen molar-refractivity contribution in [2.45, 2.75) is 39.5 Å². The number of para-hydroxylation sites is 1. The number of hydrogen-bond acceptors (Lipinski definition) is 9. The van der Waals surface area contributed by atoms with Gasteiger partial charge in [0.15, 0.2) is 0 Å². The Morgan fingerprint density at radius 2 is 1.66 bits per heavy atom. The number of aromatic hydroxyl groups is 1. The number of carbonyl (C=O) groups excluding carboxylic acids is 4. The van der Waals surface area contributed by atoms with E-state index in [9.17, 15) is 14.7 Å². The Kier molecular flexibility index (Phi) is 9.95. The van der Waals surface area contributed by atoms with Crippen LogP contribution in [0.4, 0.5) is 11.5 Å². The first-order valence-electron chi connectivity index (χ1n) is 21.2. The van der Waals surface area contributed by atoms with Crippen molar-refractivity contribution in [3.05, 3.63) is 129 Å². The predicted octanol–water partition coefficient (Wildman–Crippen LogP) is 9.90. The van der Waals surface area contributed by atoms with Gasteiger partial charge in [-0.25, -0.2) is 4.90 Å². The Hall–Kier alpha value is -6.50. The van der Waals surface area contributed by atoms with Crippen LogP contribution in [0.2, 0.25) is 5.02 Å². The molecule has 11 nitrogen and oxygen atoms in total. The van der Waals surface area contributed by atoms with E-state index in [1.807, 2.05) is 86.7 Å². The lowest BCUT2D eigenvalue weighted by atomic mass is 9.51. The van der Waals surface area contributed by atoms with Gasteiger partial charge in [0.1, 0.15) is 28.8 Å². The first kappa shape index (κ1) is 41.5. The number of thiophene rings is 1. The van der Waals surface area contributed by atoms with Crippen molar-refractivity contribution in [1.82, 2.24) is 9.78 Å². The number of anilines is 2. The maximum absolute atomic E-state index is 15.3. The van der Waals surface area contributed by atoms with Crippen LogP contribution in [0.25, 0.3) is 32.8 Å². The molecule has 324 valence electrons. The number of hydrogen-bond donors (Lipinski definition) is 1. The molecule has 6 unspecified atom stereocenters. The molecule has 0 spiro atoms. The molecule has 2 aliphatic carbocycles. The van der Waals surface area contributed by atoms with E-state index in [0.29, 0.717) is 44.8 Å². The summed E-state index contributed by atoms with van der Waals surface area (Å²) in [6.45, 7) is 5.62. The zero-order valence-corrected chi connectivity index (χ0v) is 37.7. The van der Waals surface area contributed by atoms with Gasteiger partial charge in [-0.1, -0.05) is 65.7 Å². The van der Waals surface area contributed by atoms with Gasteiger partial charge in [0, 0.05) is 39.9 Å². The van der Waals surface area contributed by atoms with Gasteiger partial charge in [0.25, 0.3) is 0 Å². The highest BCUT2D eigenvalue weighted by atomic mass is 35.5. The highest BCUT2D eigenvalue weighted by Crippen LogP contribution is 2.64. The van der Waals surface area contributed by atoms with Crippen LogP contribution in [0.5, 0.6) is 17.2 Å². The van der Waals surface area contributed by atoms with Gasteiger partial charge in [-0.3, -0.25) is 28.8 Å². The molecule has 4 amide bonds. The average Bonchev–Trinajstić information content (AvgIpc) is 3.96. The second kappa shape index (κ2) is 15.3. The minimum Gasteiger partial charge on any atom is -0.507 e. The normalized spacial score (nSPS) is 24.1. The summed E-state index contributed by atoms with van der Waals surface area (Å²) >= 11 is 7.91. The smallest absolute Gasteiger partial charge is 0.242 e. The largest absolute Gasteiger partial charge is 0.507 e. The van der Waals surface area contributed by atoms with Crippen molar-refractivity contribution in [2.24, 2.45) is 36.1 Å². The number of halogens is 1. The number of phenols is 1. The minimum atomic E-state index is -1.34. The third-order valence-electron chi connectivity index (χ3n) is 14.1. The van der Waals surface area contributed by atoms with Gasteiger partial charge >= 0.3 is 0 Å². The molecular formula is C51H45ClN4O7S. The van der Waals surface area contributed by atoms with E-state index in [2.05, 4.69) is 0 Å².